The Labute approximate surface area is 120 Å². The van der Waals surface area contributed by atoms with E-state index in [-0.39, 0.29) is 11.4 Å². The molecule has 0 saturated carbocycles. The summed E-state index contributed by atoms with van der Waals surface area (Å²) in [6.45, 7) is 11.4. The van der Waals surface area contributed by atoms with Gasteiger partial charge in [-0.25, -0.2) is 4.79 Å². The monoisotopic (exact) mass is 280 g/mol. The number of amides is 1. The summed E-state index contributed by atoms with van der Waals surface area (Å²) in [5.74, 6) is -0.566. The second-order valence-corrected chi connectivity index (χ2v) is 5.92. The van der Waals surface area contributed by atoms with Gasteiger partial charge in [-0.05, 0) is 47.1 Å². The normalized spacial score (nSPS) is 11.3. The quantitative estimate of drug-likeness (QED) is 0.865. The molecule has 0 atom stereocenters. The van der Waals surface area contributed by atoms with E-state index >= 15 is 0 Å². The fourth-order valence-corrected chi connectivity index (χ4v) is 2.20. The minimum Gasteiger partial charge on any atom is -0.461 e. The van der Waals surface area contributed by atoms with Crippen LogP contribution in [0.2, 0.25) is 0 Å². The molecule has 5 heteroatoms. The predicted octanol–water partition coefficient (Wildman–Crippen LogP) is 2.35. The molecule has 5 nitrogen and oxygen atoms in total. The van der Waals surface area contributed by atoms with Crippen molar-refractivity contribution in [2.45, 2.75) is 47.1 Å². The van der Waals surface area contributed by atoms with Gasteiger partial charge in [0.05, 0.1) is 12.2 Å². The maximum Gasteiger partial charge on any atom is 0.355 e. The van der Waals surface area contributed by atoms with Gasteiger partial charge >= 0.3 is 5.97 Å². The van der Waals surface area contributed by atoms with Crippen molar-refractivity contribution < 1.29 is 14.3 Å². The molecule has 1 rings (SSSR count). The summed E-state index contributed by atoms with van der Waals surface area (Å²) < 4.78 is 6.76. The van der Waals surface area contributed by atoms with Crippen LogP contribution in [0, 0.1) is 13.8 Å². The highest BCUT2D eigenvalue weighted by atomic mass is 16.5. The maximum atomic E-state index is 12.4. The van der Waals surface area contributed by atoms with Crippen molar-refractivity contribution in [1.82, 2.24) is 9.88 Å². The molecule has 0 aromatic carbocycles. The van der Waals surface area contributed by atoms with Gasteiger partial charge in [-0.3, -0.25) is 4.79 Å². The summed E-state index contributed by atoms with van der Waals surface area (Å²) >= 11 is 0. The molecule has 1 heterocycles. The number of rotatable bonds is 3. The van der Waals surface area contributed by atoms with Crippen LogP contribution in [0.15, 0.2) is 0 Å². The van der Waals surface area contributed by atoms with Gasteiger partial charge in [-0.15, -0.1) is 0 Å². The predicted molar refractivity (Wildman–Crippen MR) is 78.1 cm³/mol. The van der Waals surface area contributed by atoms with Crippen LogP contribution in [0.25, 0.3) is 0 Å². The van der Waals surface area contributed by atoms with E-state index in [4.69, 9.17) is 4.74 Å². The summed E-state index contributed by atoms with van der Waals surface area (Å²) in [4.78, 5) is 24.4. The zero-order valence-electron chi connectivity index (χ0n) is 13.4. The number of nitrogens with one attached hydrogen (secondary N) is 1. The first-order valence-corrected chi connectivity index (χ1v) is 6.75. The molecule has 1 aromatic rings. The summed E-state index contributed by atoms with van der Waals surface area (Å²) in [7, 11) is 1.77. The SMILES string of the molecule is CCOC(=O)c1c(C)c(C(=O)NC(C)(C)C)c(C)n1C. The van der Waals surface area contributed by atoms with Crippen molar-refractivity contribution in [2.24, 2.45) is 7.05 Å². The lowest BCUT2D eigenvalue weighted by atomic mass is 10.1. The number of carbonyl (C=O) groups excluding carboxylic acids is 2. The van der Waals surface area contributed by atoms with E-state index < -0.39 is 5.97 Å². The smallest absolute Gasteiger partial charge is 0.355 e. The van der Waals surface area contributed by atoms with Crippen LogP contribution in [0.5, 0.6) is 0 Å². The molecule has 0 bridgehead atoms. The highest BCUT2D eigenvalue weighted by Gasteiger charge is 2.27. The Morgan fingerprint density at radius 1 is 1.25 bits per heavy atom. The lowest BCUT2D eigenvalue weighted by Gasteiger charge is -2.20. The largest absolute Gasteiger partial charge is 0.461 e. The van der Waals surface area contributed by atoms with Crippen molar-refractivity contribution in [3.8, 4) is 0 Å². The molecular formula is C15H24N2O3. The molecule has 0 fully saturated rings. The summed E-state index contributed by atoms with van der Waals surface area (Å²) in [6.07, 6.45) is 0. The van der Waals surface area contributed by atoms with E-state index in [0.29, 0.717) is 23.4 Å². The van der Waals surface area contributed by atoms with Crippen LogP contribution in [0.3, 0.4) is 0 Å². The molecule has 0 radical (unpaired) electrons. The molecule has 0 saturated heterocycles. The Kier molecular flexibility index (Phi) is 4.63. The van der Waals surface area contributed by atoms with Crippen molar-refractivity contribution in [3.63, 3.8) is 0 Å². The lowest BCUT2D eigenvalue weighted by molar-refractivity contribution is 0.0514. The topological polar surface area (TPSA) is 60.3 Å². The third-order valence-corrected chi connectivity index (χ3v) is 3.11. The minimum atomic E-state index is -0.398. The second-order valence-electron chi connectivity index (χ2n) is 5.92. The van der Waals surface area contributed by atoms with Gasteiger partial charge in [0.2, 0.25) is 0 Å². The summed E-state index contributed by atoms with van der Waals surface area (Å²) in [5, 5.41) is 2.92. The average molecular weight is 280 g/mol. The van der Waals surface area contributed by atoms with Crippen molar-refractivity contribution >= 4 is 11.9 Å². The number of hydrogen-bond acceptors (Lipinski definition) is 3. The van der Waals surface area contributed by atoms with Crippen molar-refractivity contribution in [3.05, 3.63) is 22.5 Å². The lowest BCUT2D eigenvalue weighted by Crippen LogP contribution is -2.41. The minimum absolute atomic E-state index is 0.168. The summed E-state index contributed by atoms with van der Waals surface area (Å²) in [5.41, 5.74) is 2.07. The number of hydrogen-bond donors (Lipinski definition) is 1. The molecule has 1 amide bonds. The van der Waals surface area contributed by atoms with Crippen LogP contribution in [-0.2, 0) is 11.8 Å². The van der Waals surface area contributed by atoms with Crippen LogP contribution >= 0.6 is 0 Å². The molecule has 0 unspecified atom stereocenters. The van der Waals surface area contributed by atoms with E-state index in [1.807, 2.05) is 27.7 Å². The Morgan fingerprint density at radius 2 is 1.80 bits per heavy atom. The second kappa shape index (κ2) is 5.69. The van der Waals surface area contributed by atoms with Gasteiger partial charge in [0.1, 0.15) is 5.69 Å². The van der Waals surface area contributed by atoms with E-state index in [2.05, 4.69) is 5.32 Å². The standard InChI is InChI=1S/C15H24N2O3/c1-8-20-14(19)12-9(2)11(10(3)17(12)7)13(18)16-15(4,5)6/h8H2,1-7H3,(H,16,18). The van der Waals surface area contributed by atoms with Crippen LogP contribution in [0.1, 0.15) is 59.8 Å². The highest BCUT2D eigenvalue weighted by molar-refractivity contribution is 6.01. The Hall–Kier alpha value is -1.78. The Bertz CT molecular complexity index is 536. The third-order valence-electron chi connectivity index (χ3n) is 3.11. The zero-order valence-corrected chi connectivity index (χ0v) is 13.4. The van der Waals surface area contributed by atoms with Gasteiger partial charge in [-0.1, -0.05) is 0 Å². The maximum absolute atomic E-state index is 12.4. The van der Waals surface area contributed by atoms with Gasteiger partial charge in [-0.2, -0.15) is 0 Å². The third kappa shape index (κ3) is 3.21. The number of ether oxygens (including phenoxy) is 1. The zero-order chi connectivity index (χ0) is 15.7. The molecule has 1 N–H and O–H groups in total. The highest BCUT2D eigenvalue weighted by Crippen LogP contribution is 2.22. The fraction of sp³-hybridized carbons (Fsp3) is 0.600. The van der Waals surface area contributed by atoms with Crippen LogP contribution in [0.4, 0.5) is 0 Å². The molecule has 0 aliphatic heterocycles. The fourth-order valence-electron chi connectivity index (χ4n) is 2.20. The molecule has 0 aliphatic rings. The first kappa shape index (κ1) is 16.3. The van der Waals surface area contributed by atoms with E-state index in [1.54, 1.807) is 25.5 Å². The van der Waals surface area contributed by atoms with Crippen LogP contribution < -0.4 is 5.32 Å². The molecule has 112 valence electrons. The average Bonchev–Trinajstić information content (AvgIpc) is 2.48. The van der Waals surface area contributed by atoms with Crippen LogP contribution in [-0.4, -0.2) is 28.6 Å². The van der Waals surface area contributed by atoms with Gasteiger partial charge < -0.3 is 14.6 Å². The first-order chi connectivity index (χ1) is 9.10. The molecular weight excluding hydrogens is 256 g/mol. The summed E-state index contributed by atoms with van der Waals surface area (Å²) in [6, 6.07) is 0. The van der Waals surface area contributed by atoms with E-state index in [0.717, 1.165) is 5.69 Å². The first-order valence-electron chi connectivity index (χ1n) is 6.75. The molecule has 0 spiro atoms. The van der Waals surface area contributed by atoms with E-state index in [1.165, 1.54) is 0 Å². The number of esters is 1. The van der Waals surface area contributed by atoms with Gasteiger partial charge in [0, 0.05) is 18.3 Å². The van der Waals surface area contributed by atoms with Crippen molar-refractivity contribution in [1.29, 1.82) is 0 Å². The van der Waals surface area contributed by atoms with Gasteiger partial charge in [0.25, 0.3) is 5.91 Å². The van der Waals surface area contributed by atoms with E-state index in [9.17, 15) is 9.59 Å². The number of carbonyl (C=O) groups is 2. The number of nitrogens with zero attached hydrogens (tertiary/aromatic N) is 1. The van der Waals surface area contributed by atoms with Crippen molar-refractivity contribution in [2.75, 3.05) is 6.61 Å². The molecule has 1 aromatic heterocycles. The number of aromatic nitrogens is 1. The molecule has 20 heavy (non-hydrogen) atoms. The van der Waals surface area contributed by atoms with Gasteiger partial charge in [0.15, 0.2) is 0 Å². The molecule has 0 aliphatic carbocycles. The Morgan fingerprint density at radius 3 is 2.25 bits per heavy atom. The Balaban J connectivity index is 3.27.